The van der Waals surface area contributed by atoms with Gasteiger partial charge in [-0.25, -0.2) is 0 Å². The van der Waals surface area contributed by atoms with Crippen molar-refractivity contribution in [2.24, 2.45) is 0 Å². The number of aliphatic hydroxyl groups is 1. The maximum Gasteiger partial charge on any atom is 0.0869 e. The zero-order valence-electron chi connectivity index (χ0n) is 12.6. The molecular weight excluding hydrogens is 238 g/mol. The lowest BCUT2D eigenvalue weighted by molar-refractivity contribution is 0.0174. The van der Waals surface area contributed by atoms with Gasteiger partial charge >= 0.3 is 0 Å². The first kappa shape index (κ1) is 16.1. The molecule has 0 amide bonds. The van der Waals surface area contributed by atoms with Gasteiger partial charge in [-0.1, -0.05) is 26.8 Å². The van der Waals surface area contributed by atoms with Crippen LogP contribution < -0.4 is 5.32 Å². The van der Waals surface area contributed by atoms with Crippen LogP contribution in [0.15, 0.2) is 24.4 Å². The van der Waals surface area contributed by atoms with Crippen LogP contribution in [0.2, 0.25) is 0 Å². The lowest BCUT2D eigenvalue weighted by Crippen LogP contribution is -2.48. The Morgan fingerprint density at radius 3 is 2.68 bits per heavy atom. The number of nitrogens with one attached hydrogen (secondary N) is 1. The van der Waals surface area contributed by atoms with Crippen molar-refractivity contribution in [1.29, 1.82) is 0 Å². The number of nitrogens with zero attached hydrogens (tertiary/aromatic N) is 2. The van der Waals surface area contributed by atoms with Crippen LogP contribution in [0.25, 0.3) is 0 Å². The van der Waals surface area contributed by atoms with E-state index in [4.69, 9.17) is 0 Å². The molecule has 0 saturated heterocycles. The van der Waals surface area contributed by atoms with Crippen LogP contribution in [-0.2, 0) is 6.54 Å². The molecule has 0 aliphatic carbocycles. The van der Waals surface area contributed by atoms with Crippen LogP contribution in [0.5, 0.6) is 0 Å². The minimum atomic E-state index is -0.727. The van der Waals surface area contributed by atoms with Crippen LogP contribution in [0.1, 0.15) is 33.4 Å². The van der Waals surface area contributed by atoms with Crippen molar-refractivity contribution in [2.75, 3.05) is 19.6 Å². The quantitative estimate of drug-likeness (QED) is 0.750. The van der Waals surface area contributed by atoms with Crippen molar-refractivity contribution in [3.63, 3.8) is 0 Å². The molecule has 1 rings (SSSR count). The first-order chi connectivity index (χ1) is 8.93. The second kappa shape index (κ2) is 7.58. The molecule has 2 N–H and O–H groups in total. The molecule has 1 unspecified atom stereocenters. The van der Waals surface area contributed by atoms with Crippen molar-refractivity contribution < 1.29 is 5.11 Å². The van der Waals surface area contributed by atoms with Crippen molar-refractivity contribution in [2.45, 2.75) is 45.9 Å². The summed E-state index contributed by atoms with van der Waals surface area (Å²) in [6, 6.07) is 6.32. The van der Waals surface area contributed by atoms with Crippen LogP contribution in [0.3, 0.4) is 0 Å². The van der Waals surface area contributed by atoms with E-state index >= 15 is 0 Å². The van der Waals surface area contributed by atoms with Gasteiger partial charge in [0.05, 0.1) is 11.3 Å². The highest BCUT2D eigenvalue weighted by atomic mass is 16.3. The number of likely N-dealkylation sites (N-methyl/N-ethyl adjacent to an activating group) is 1. The highest BCUT2D eigenvalue weighted by molar-refractivity contribution is 5.03. The monoisotopic (exact) mass is 265 g/mol. The standard InChI is InChI=1S/C15H27N3O/c1-5-18(10-14-8-6-7-9-16-14)12-15(4,19)11-17-13(2)3/h6-9,13,17,19H,5,10-12H2,1-4H3. The van der Waals surface area contributed by atoms with Crippen molar-refractivity contribution >= 4 is 0 Å². The van der Waals surface area contributed by atoms with Crippen molar-refractivity contribution in [1.82, 2.24) is 15.2 Å². The van der Waals surface area contributed by atoms with Crippen LogP contribution in [0, 0.1) is 0 Å². The van der Waals surface area contributed by atoms with Gasteiger partial charge in [0.2, 0.25) is 0 Å². The van der Waals surface area contributed by atoms with Gasteiger partial charge < -0.3 is 10.4 Å². The summed E-state index contributed by atoms with van der Waals surface area (Å²) >= 11 is 0. The first-order valence-electron chi connectivity index (χ1n) is 7.01. The molecule has 108 valence electrons. The minimum absolute atomic E-state index is 0.386. The fourth-order valence-electron chi connectivity index (χ4n) is 1.96. The Morgan fingerprint density at radius 2 is 2.16 bits per heavy atom. The average Bonchev–Trinajstić information content (AvgIpc) is 2.37. The Labute approximate surface area is 116 Å². The molecule has 1 heterocycles. The van der Waals surface area contributed by atoms with Crippen molar-refractivity contribution in [3.8, 4) is 0 Å². The fourth-order valence-corrected chi connectivity index (χ4v) is 1.96. The third-order valence-corrected chi connectivity index (χ3v) is 3.01. The second-order valence-electron chi connectivity index (χ2n) is 5.66. The van der Waals surface area contributed by atoms with Gasteiger partial charge in [0.25, 0.3) is 0 Å². The summed E-state index contributed by atoms with van der Waals surface area (Å²) < 4.78 is 0. The van der Waals surface area contributed by atoms with Gasteiger partial charge in [-0.3, -0.25) is 9.88 Å². The normalized spacial score (nSPS) is 14.9. The smallest absolute Gasteiger partial charge is 0.0869 e. The number of hydrogen-bond acceptors (Lipinski definition) is 4. The van der Waals surface area contributed by atoms with Gasteiger partial charge in [-0.05, 0) is 25.6 Å². The molecule has 0 aliphatic rings. The van der Waals surface area contributed by atoms with E-state index < -0.39 is 5.60 Å². The molecule has 0 bridgehead atoms. The molecule has 0 aliphatic heterocycles. The Morgan fingerprint density at radius 1 is 1.42 bits per heavy atom. The summed E-state index contributed by atoms with van der Waals surface area (Å²) in [6.45, 7) is 11.1. The Bertz CT molecular complexity index is 352. The van der Waals surface area contributed by atoms with Crippen LogP contribution in [0.4, 0.5) is 0 Å². The topological polar surface area (TPSA) is 48.4 Å². The van der Waals surface area contributed by atoms with E-state index in [-0.39, 0.29) is 0 Å². The zero-order valence-corrected chi connectivity index (χ0v) is 12.6. The maximum absolute atomic E-state index is 10.4. The van der Waals surface area contributed by atoms with Crippen LogP contribution >= 0.6 is 0 Å². The lowest BCUT2D eigenvalue weighted by Gasteiger charge is -2.31. The predicted molar refractivity (Wildman–Crippen MR) is 79.0 cm³/mol. The van der Waals surface area contributed by atoms with Gasteiger partial charge in [-0.15, -0.1) is 0 Å². The molecule has 1 aromatic heterocycles. The Balaban J connectivity index is 2.51. The fraction of sp³-hybridized carbons (Fsp3) is 0.667. The van der Waals surface area contributed by atoms with Gasteiger partial charge in [-0.2, -0.15) is 0 Å². The summed E-state index contributed by atoms with van der Waals surface area (Å²) in [5.74, 6) is 0. The van der Waals surface area contributed by atoms with Gasteiger partial charge in [0, 0.05) is 31.9 Å². The summed E-state index contributed by atoms with van der Waals surface area (Å²) in [4.78, 5) is 6.54. The molecule has 19 heavy (non-hydrogen) atoms. The third-order valence-electron chi connectivity index (χ3n) is 3.01. The zero-order chi connectivity index (χ0) is 14.3. The van der Waals surface area contributed by atoms with E-state index in [0.29, 0.717) is 19.1 Å². The number of aromatic nitrogens is 1. The molecular formula is C15H27N3O. The highest BCUT2D eigenvalue weighted by Crippen LogP contribution is 2.09. The summed E-state index contributed by atoms with van der Waals surface area (Å²) in [5, 5.41) is 13.7. The van der Waals surface area contributed by atoms with E-state index in [0.717, 1.165) is 18.8 Å². The average molecular weight is 265 g/mol. The van der Waals surface area contributed by atoms with E-state index in [1.807, 2.05) is 31.3 Å². The minimum Gasteiger partial charge on any atom is -0.388 e. The molecule has 0 fully saturated rings. The Hall–Kier alpha value is -0.970. The van der Waals surface area contributed by atoms with E-state index in [1.165, 1.54) is 0 Å². The van der Waals surface area contributed by atoms with Gasteiger partial charge in [0.15, 0.2) is 0 Å². The summed E-state index contributed by atoms with van der Waals surface area (Å²) in [5.41, 5.74) is 0.312. The van der Waals surface area contributed by atoms with Crippen LogP contribution in [-0.4, -0.2) is 46.3 Å². The largest absolute Gasteiger partial charge is 0.388 e. The maximum atomic E-state index is 10.4. The first-order valence-corrected chi connectivity index (χ1v) is 7.01. The van der Waals surface area contributed by atoms with E-state index in [1.54, 1.807) is 0 Å². The number of hydrogen-bond donors (Lipinski definition) is 2. The van der Waals surface area contributed by atoms with Crippen molar-refractivity contribution in [3.05, 3.63) is 30.1 Å². The number of rotatable bonds is 8. The van der Waals surface area contributed by atoms with E-state index in [9.17, 15) is 5.11 Å². The Kier molecular flexibility index (Phi) is 6.42. The summed E-state index contributed by atoms with van der Waals surface area (Å²) in [7, 11) is 0. The molecule has 0 radical (unpaired) electrons. The molecule has 0 aromatic carbocycles. The molecule has 0 saturated carbocycles. The molecule has 1 aromatic rings. The molecule has 0 spiro atoms. The predicted octanol–water partition coefficient (Wildman–Crippen LogP) is 1.65. The molecule has 4 nitrogen and oxygen atoms in total. The molecule has 4 heteroatoms. The number of pyridine rings is 1. The third kappa shape index (κ3) is 6.66. The summed E-state index contributed by atoms with van der Waals surface area (Å²) in [6.07, 6.45) is 1.81. The second-order valence-corrected chi connectivity index (χ2v) is 5.66. The highest BCUT2D eigenvalue weighted by Gasteiger charge is 2.23. The molecule has 1 atom stereocenters. The SMILES string of the molecule is CCN(Cc1ccccn1)CC(C)(O)CNC(C)C. The lowest BCUT2D eigenvalue weighted by atomic mass is 10.1. The van der Waals surface area contributed by atoms with E-state index in [2.05, 4.69) is 36.0 Å². The van der Waals surface area contributed by atoms with Gasteiger partial charge in [0.1, 0.15) is 0 Å².